The Balaban J connectivity index is 1.95. The molecule has 1 aliphatic rings. The van der Waals surface area contributed by atoms with Crippen molar-refractivity contribution in [1.82, 2.24) is 10.2 Å². The molecule has 0 aromatic heterocycles. The number of hydrogen-bond donors (Lipinski definition) is 1. The van der Waals surface area contributed by atoms with E-state index >= 15 is 0 Å². The van der Waals surface area contributed by atoms with Crippen molar-refractivity contribution < 1.29 is 14.3 Å². The average molecular weight is 278 g/mol. The highest BCUT2D eigenvalue weighted by Crippen LogP contribution is 2.27. The molecular formula is C15H22N2O3. The van der Waals surface area contributed by atoms with Crippen molar-refractivity contribution in [3.8, 4) is 11.5 Å². The number of hydrogen-bond acceptors (Lipinski definition) is 4. The van der Waals surface area contributed by atoms with Gasteiger partial charge in [-0.25, -0.2) is 0 Å². The second-order valence-electron chi connectivity index (χ2n) is 5.05. The first-order chi connectivity index (χ1) is 9.65. The fourth-order valence-electron chi connectivity index (χ4n) is 2.54. The quantitative estimate of drug-likeness (QED) is 0.885. The van der Waals surface area contributed by atoms with E-state index in [2.05, 4.69) is 10.2 Å². The third-order valence-electron chi connectivity index (χ3n) is 3.74. The second kappa shape index (κ2) is 6.61. The third-order valence-corrected chi connectivity index (χ3v) is 3.74. The molecule has 1 amide bonds. The Bertz CT molecular complexity index is 476. The topological polar surface area (TPSA) is 50.8 Å². The van der Waals surface area contributed by atoms with Crippen LogP contribution in [0, 0.1) is 0 Å². The average Bonchev–Trinajstić information content (AvgIpc) is 2.90. The Labute approximate surface area is 119 Å². The Kier molecular flexibility index (Phi) is 4.84. The minimum atomic E-state index is 0.00939. The third kappa shape index (κ3) is 3.22. The molecule has 1 aromatic rings. The first-order valence-corrected chi connectivity index (χ1v) is 6.84. The molecule has 0 aliphatic carbocycles. The standard InChI is InChI=1S/C15H22N2O3/c1-17-8-4-5-12(17)15(18)16-10-11-6-7-13(19-2)14(9-11)20-3/h6-7,9,12H,4-5,8,10H2,1-3H3,(H,16,18)/t12-/m1/s1. The molecule has 1 heterocycles. The molecule has 20 heavy (non-hydrogen) atoms. The summed E-state index contributed by atoms with van der Waals surface area (Å²) in [5, 5.41) is 2.98. The van der Waals surface area contributed by atoms with E-state index in [1.54, 1.807) is 14.2 Å². The van der Waals surface area contributed by atoms with E-state index in [9.17, 15) is 4.79 Å². The molecule has 2 rings (SSSR count). The van der Waals surface area contributed by atoms with Crippen LogP contribution < -0.4 is 14.8 Å². The van der Waals surface area contributed by atoms with Gasteiger partial charge >= 0.3 is 0 Å². The normalized spacial score (nSPS) is 18.9. The minimum absolute atomic E-state index is 0.00939. The van der Waals surface area contributed by atoms with Gasteiger partial charge in [0.25, 0.3) is 0 Å². The fraction of sp³-hybridized carbons (Fsp3) is 0.533. The predicted octanol–water partition coefficient (Wildman–Crippen LogP) is 1.41. The van der Waals surface area contributed by atoms with E-state index in [0.717, 1.165) is 24.9 Å². The number of ether oxygens (including phenoxy) is 2. The molecule has 5 nitrogen and oxygen atoms in total. The summed E-state index contributed by atoms with van der Waals surface area (Å²) in [6, 6.07) is 5.68. The van der Waals surface area contributed by atoms with Crippen LogP contribution in [0.5, 0.6) is 11.5 Å². The lowest BCUT2D eigenvalue weighted by atomic mass is 10.1. The summed E-state index contributed by atoms with van der Waals surface area (Å²) in [6.45, 7) is 1.50. The molecule has 1 atom stereocenters. The molecule has 0 saturated carbocycles. The first-order valence-electron chi connectivity index (χ1n) is 6.84. The summed E-state index contributed by atoms with van der Waals surface area (Å²) in [5.74, 6) is 1.47. The molecule has 5 heteroatoms. The molecule has 1 fully saturated rings. The van der Waals surface area contributed by atoms with Gasteiger partial charge < -0.3 is 14.8 Å². The Morgan fingerprint density at radius 1 is 1.35 bits per heavy atom. The molecule has 1 aliphatic heterocycles. The number of nitrogens with zero attached hydrogens (tertiary/aromatic N) is 1. The van der Waals surface area contributed by atoms with E-state index in [1.165, 1.54) is 0 Å². The zero-order valence-corrected chi connectivity index (χ0v) is 12.3. The number of amides is 1. The van der Waals surface area contributed by atoms with Gasteiger partial charge in [0, 0.05) is 6.54 Å². The van der Waals surface area contributed by atoms with Gasteiger partial charge in [0.2, 0.25) is 5.91 Å². The van der Waals surface area contributed by atoms with E-state index in [4.69, 9.17) is 9.47 Å². The van der Waals surface area contributed by atoms with Crippen LogP contribution in [0.3, 0.4) is 0 Å². The minimum Gasteiger partial charge on any atom is -0.493 e. The molecule has 0 radical (unpaired) electrons. The van der Waals surface area contributed by atoms with E-state index in [-0.39, 0.29) is 11.9 Å². The molecule has 0 unspecified atom stereocenters. The summed E-state index contributed by atoms with van der Waals surface area (Å²) in [7, 11) is 5.20. The summed E-state index contributed by atoms with van der Waals surface area (Å²) < 4.78 is 10.4. The molecule has 1 saturated heterocycles. The number of carbonyl (C=O) groups excluding carboxylic acids is 1. The number of nitrogens with one attached hydrogen (secondary N) is 1. The van der Waals surface area contributed by atoms with Gasteiger partial charge in [-0.05, 0) is 44.1 Å². The summed E-state index contributed by atoms with van der Waals surface area (Å²) in [5.41, 5.74) is 0.997. The largest absolute Gasteiger partial charge is 0.493 e. The van der Waals surface area contributed by atoms with Gasteiger partial charge in [0.15, 0.2) is 11.5 Å². The lowest BCUT2D eigenvalue weighted by molar-refractivity contribution is -0.125. The molecular weight excluding hydrogens is 256 g/mol. The maximum Gasteiger partial charge on any atom is 0.237 e. The van der Waals surface area contributed by atoms with Crippen LogP contribution in [0.25, 0.3) is 0 Å². The zero-order valence-electron chi connectivity index (χ0n) is 12.3. The molecule has 110 valence electrons. The van der Waals surface area contributed by atoms with E-state index < -0.39 is 0 Å². The number of benzene rings is 1. The van der Waals surface area contributed by atoms with Crippen molar-refractivity contribution in [1.29, 1.82) is 0 Å². The van der Waals surface area contributed by atoms with Gasteiger partial charge in [-0.15, -0.1) is 0 Å². The number of methoxy groups -OCH3 is 2. The number of rotatable bonds is 5. The molecule has 0 spiro atoms. The zero-order chi connectivity index (χ0) is 14.5. The van der Waals surface area contributed by atoms with Crippen LogP contribution in [-0.2, 0) is 11.3 Å². The number of likely N-dealkylation sites (N-methyl/N-ethyl adjacent to an activating group) is 1. The van der Waals surface area contributed by atoms with Crippen LogP contribution >= 0.6 is 0 Å². The highest BCUT2D eigenvalue weighted by molar-refractivity contribution is 5.82. The lowest BCUT2D eigenvalue weighted by Crippen LogP contribution is -2.41. The smallest absolute Gasteiger partial charge is 0.237 e. The number of carbonyl (C=O) groups is 1. The van der Waals surface area contributed by atoms with E-state index in [0.29, 0.717) is 18.0 Å². The summed E-state index contributed by atoms with van der Waals surface area (Å²) in [6.07, 6.45) is 2.03. The summed E-state index contributed by atoms with van der Waals surface area (Å²) >= 11 is 0. The maximum absolute atomic E-state index is 12.1. The fourth-order valence-corrected chi connectivity index (χ4v) is 2.54. The highest BCUT2D eigenvalue weighted by Gasteiger charge is 2.27. The van der Waals surface area contributed by atoms with E-state index in [1.807, 2.05) is 25.2 Å². The van der Waals surface area contributed by atoms with Crippen molar-refractivity contribution in [2.45, 2.75) is 25.4 Å². The summed E-state index contributed by atoms with van der Waals surface area (Å²) in [4.78, 5) is 14.2. The Morgan fingerprint density at radius 3 is 2.70 bits per heavy atom. The molecule has 1 N–H and O–H groups in total. The van der Waals surface area contributed by atoms with Crippen LogP contribution in [0.15, 0.2) is 18.2 Å². The lowest BCUT2D eigenvalue weighted by Gasteiger charge is -2.18. The number of likely N-dealkylation sites (tertiary alicyclic amines) is 1. The van der Waals surface area contributed by atoms with Crippen LogP contribution in [0.4, 0.5) is 0 Å². The highest BCUT2D eigenvalue weighted by atomic mass is 16.5. The van der Waals surface area contributed by atoms with Crippen molar-refractivity contribution in [2.24, 2.45) is 0 Å². The van der Waals surface area contributed by atoms with Crippen molar-refractivity contribution in [3.63, 3.8) is 0 Å². The van der Waals surface area contributed by atoms with Crippen LogP contribution in [0.1, 0.15) is 18.4 Å². The van der Waals surface area contributed by atoms with Crippen molar-refractivity contribution in [2.75, 3.05) is 27.8 Å². The predicted molar refractivity (Wildman–Crippen MR) is 77.0 cm³/mol. The van der Waals surface area contributed by atoms with Crippen LogP contribution in [0.2, 0.25) is 0 Å². The second-order valence-corrected chi connectivity index (χ2v) is 5.05. The van der Waals surface area contributed by atoms with Gasteiger partial charge in [-0.3, -0.25) is 9.69 Å². The monoisotopic (exact) mass is 278 g/mol. The van der Waals surface area contributed by atoms with Gasteiger partial charge in [-0.2, -0.15) is 0 Å². The Hall–Kier alpha value is -1.75. The van der Waals surface area contributed by atoms with Gasteiger partial charge in [-0.1, -0.05) is 6.07 Å². The molecule has 1 aromatic carbocycles. The first kappa shape index (κ1) is 14.7. The van der Waals surface area contributed by atoms with Crippen molar-refractivity contribution in [3.05, 3.63) is 23.8 Å². The van der Waals surface area contributed by atoms with Crippen molar-refractivity contribution >= 4 is 5.91 Å². The SMILES string of the molecule is COc1ccc(CNC(=O)[C@H]2CCCN2C)cc1OC. The maximum atomic E-state index is 12.1. The van der Waals surface area contributed by atoms with Crippen LogP contribution in [-0.4, -0.2) is 44.7 Å². The Morgan fingerprint density at radius 2 is 2.10 bits per heavy atom. The molecule has 0 bridgehead atoms. The van der Waals surface area contributed by atoms with Gasteiger partial charge in [0.05, 0.1) is 20.3 Å². The van der Waals surface area contributed by atoms with Gasteiger partial charge in [0.1, 0.15) is 0 Å².